The zero-order valence-corrected chi connectivity index (χ0v) is 11.3. The highest BCUT2D eigenvalue weighted by Gasteiger charge is 2.15. The summed E-state index contributed by atoms with van der Waals surface area (Å²) in [5.74, 6) is 0.809. The van der Waals surface area contributed by atoms with Crippen LogP contribution in [0.15, 0.2) is 22.7 Å². The highest BCUT2D eigenvalue weighted by molar-refractivity contribution is 9.10. The Kier molecular flexibility index (Phi) is 4.34. The van der Waals surface area contributed by atoms with Crippen LogP contribution in [-0.4, -0.2) is 12.6 Å². The predicted octanol–water partition coefficient (Wildman–Crippen LogP) is 2.85. The number of hydrogen-bond acceptors (Lipinski definition) is 3. The highest BCUT2D eigenvalue weighted by atomic mass is 79.9. The van der Waals surface area contributed by atoms with Crippen molar-refractivity contribution < 1.29 is 4.74 Å². The monoisotopic (exact) mass is 282 g/mol. The van der Waals surface area contributed by atoms with Gasteiger partial charge in [-0.15, -0.1) is 0 Å². The summed E-state index contributed by atoms with van der Waals surface area (Å²) < 4.78 is 6.07. The number of halogens is 1. The number of nitrogens with one attached hydrogen (secondary N) is 1. The average Bonchev–Trinajstić information content (AvgIpc) is 2.27. The van der Waals surface area contributed by atoms with E-state index in [0.717, 1.165) is 15.8 Å². The zero-order valence-electron chi connectivity index (χ0n) is 9.67. The number of ether oxygens (including phenoxy) is 1. The first-order valence-corrected chi connectivity index (χ1v) is 5.76. The van der Waals surface area contributed by atoms with Crippen molar-refractivity contribution in [3.05, 3.63) is 28.2 Å². The van der Waals surface area contributed by atoms with E-state index in [9.17, 15) is 0 Å². The van der Waals surface area contributed by atoms with Crippen LogP contribution in [0.25, 0.3) is 0 Å². The standard InChI is InChI=1S/C12H15BrN2O/c1-12(2,8-14)15-7-9-4-5-11(16-3)10(13)6-9/h4-6,15H,7H2,1-3H3. The molecule has 0 atom stereocenters. The van der Waals surface area contributed by atoms with E-state index in [1.54, 1.807) is 7.11 Å². The Hall–Kier alpha value is -1.05. The third kappa shape index (κ3) is 3.51. The van der Waals surface area contributed by atoms with Gasteiger partial charge < -0.3 is 4.74 Å². The molecule has 0 aromatic heterocycles. The fraction of sp³-hybridized carbons (Fsp3) is 0.417. The summed E-state index contributed by atoms with van der Waals surface area (Å²) >= 11 is 3.43. The Bertz CT molecular complexity index is 410. The van der Waals surface area contributed by atoms with Gasteiger partial charge in [-0.2, -0.15) is 5.26 Å². The van der Waals surface area contributed by atoms with Gasteiger partial charge in [-0.25, -0.2) is 0 Å². The topological polar surface area (TPSA) is 45.0 Å². The van der Waals surface area contributed by atoms with E-state index in [2.05, 4.69) is 27.3 Å². The van der Waals surface area contributed by atoms with Gasteiger partial charge in [0.25, 0.3) is 0 Å². The predicted molar refractivity (Wildman–Crippen MR) is 67.2 cm³/mol. The Labute approximate surface area is 105 Å². The van der Waals surface area contributed by atoms with E-state index < -0.39 is 5.54 Å². The molecule has 16 heavy (non-hydrogen) atoms. The van der Waals surface area contributed by atoms with E-state index in [1.807, 2.05) is 32.0 Å². The summed E-state index contributed by atoms with van der Waals surface area (Å²) in [7, 11) is 1.64. The summed E-state index contributed by atoms with van der Waals surface area (Å²) in [6.45, 7) is 4.36. The van der Waals surface area contributed by atoms with Gasteiger partial charge in [-0.3, -0.25) is 5.32 Å². The van der Waals surface area contributed by atoms with Crippen LogP contribution in [-0.2, 0) is 6.54 Å². The lowest BCUT2D eigenvalue weighted by Crippen LogP contribution is -2.36. The van der Waals surface area contributed by atoms with Crippen LogP contribution in [0.3, 0.4) is 0 Å². The second kappa shape index (κ2) is 5.33. The first-order chi connectivity index (χ1) is 7.48. The summed E-state index contributed by atoms with van der Waals surface area (Å²) in [5.41, 5.74) is 0.600. The maximum atomic E-state index is 8.87. The maximum Gasteiger partial charge on any atom is 0.133 e. The molecule has 0 aliphatic rings. The van der Waals surface area contributed by atoms with Crippen molar-refractivity contribution in [2.24, 2.45) is 0 Å². The quantitative estimate of drug-likeness (QED) is 0.924. The normalized spacial score (nSPS) is 10.9. The van der Waals surface area contributed by atoms with Crippen molar-refractivity contribution in [1.82, 2.24) is 5.32 Å². The molecule has 1 aromatic carbocycles. The number of nitrogens with zero attached hydrogens (tertiary/aromatic N) is 1. The summed E-state index contributed by atoms with van der Waals surface area (Å²) in [6.07, 6.45) is 0. The highest BCUT2D eigenvalue weighted by Crippen LogP contribution is 2.25. The van der Waals surface area contributed by atoms with E-state index in [4.69, 9.17) is 10.00 Å². The summed E-state index contributed by atoms with van der Waals surface area (Å²) in [5, 5.41) is 12.0. The number of benzene rings is 1. The third-order valence-corrected chi connectivity index (χ3v) is 2.85. The molecule has 0 spiro atoms. The van der Waals surface area contributed by atoms with Gasteiger partial charge >= 0.3 is 0 Å². The van der Waals surface area contributed by atoms with Crippen LogP contribution in [0.2, 0.25) is 0 Å². The molecule has 1 N–H and O–H groups in total. The molecule has 0 fully saturated rings. The summed E-state index contributed by atoms with van der Waals surface area (Å²) in [4.78, 5) is 0. The minimum Gasteiger partial charge on any atom is -0.496 e. The molecule has 0 aliphatic heterocycles. The van der Waals surface area contributed by atoms with Crippen LogP contribution in [0.1, 0.15) is 19.4 Å². The molecule has 0 saturated carbocycles. The lowest BCUT2D eigenvalue weighted by atomic mass is 10.1. The van der Waals surface area contributed by atoms with Crippen LogP contribution in [0.5, 0.6) is 5.75 Å². The van der Waals surface area contributed by atoms with Crippen LogP contribution >= 0.6 is 15.9 Å². The maximum absolute atomic E-state index is 8.87. The molecule has 0 amide bonds. The van der Waals surface area contributed by atoms with Crippen molar-refractivity contribution in [2.75, 3.05) is 7.11 Å². The van der Waals surface area contributed by atoms with Crippen LogP contribution < -0.4 is 10.1 Å². The number of methoxy groups -OCH3 is 1. The van der Waals surface area contributed by atoms with Crippen molar-refractivity contribution >= 4 is 15.9 Å². The zero-order chi connectivity index (χ0) is 12.2. The molecule has 0 heterocycles. The molecule has 0 aliphatic carbocycles. The van der Waals surface area contributed by atoms with Crippen molar-refractivity contribution in [2.45, 2.75) is 25.9 Å². The molecule has 0 saturated heterocycles. The van der Waals surface area contributed by atoms with Crippen molar-refractivity contribution in [3.63, 3.8) is 0 Å². The first kappa shape index (κ1) is 13.0. The largest absolute Gasteiger partial charge is 0.496 e. The van der Waals surface area contributed by atoms with Gasteiger partial charge in [0.05, 0.1) is 17.7 Å². The first-order valence-electron chi connectivity index (χ1n) is 4.97. The lowest BCUT2D eigenvalue weighted by molar-refractivity contribution is 0.411. The second-order valence-corrected chi connectivity index (χ2v) is 4.91. The average molecular weight is 283 g/mol. The molecule has 3 nitrogen and oxygen atoms in total. The molecule has 0 radical (unpaired) electrons. The molecule has 1 rings (SSSR count). The Morgan fingerprint density at radius 3 is 2.69 bits per heavy atom. The Morgan fingerprint density at radius 2 is 2.19 bits per heavy atom. The fourth-order valence-electron chi connectivity index (χ4n) is 1.18. The number of nitriles is 1. The Balaban J connectivity index is 2.70. The van der Waals surface area contributed by atoms with Crippen molar-refractivity contribution in [1.29, 1.82) is 5.26 Å². The molecular formula is C12H15BrN2O. The molecule has 0 bridgehead atoms. The van der Waals surface area contributed by atoms with Gasteiger partial charge in [0.1, 0.15) is 11.3 Å². The van der Waals surface area contributed by atoms with E-state index in [0.29, 0.717) is 6.54 Å². The van der Waals surface area contributed by atoms with Gasteiger partial charge in [-0.1, -0.05) is 6.07 Å². The minimum atomic E-state index is -0.508. The van der Waals surface area contributed by atoms with Crippen LogP contribution in [0.4, 0.5) is 0 Å². The summed E-state index contributed by atoms with van der Waals surface area (Å²) in [6, 6.07) is 8.07. The van der Waals surface area contributed by atoms with Gasteiger partial charge in [-0.05, 0) is 47.5 Å². The SMILES string of the molecule is COc1ccc(CNC(C)(C)C#N)cc1Br. The van der Waals surface area contributed by atoms with Gasteiger partial charge in [0, 0.05) is 6.54 Å². The molecule has 1 aromatic rings. The number of hydrogen-bond donors (Lipinski definition) is 1. The van der Waals surface area contributed by atoms with Gasteiger partial charge in [0.15, 0.2) is 0 Å². The lowest BCUT2D eigenvalue weighted by Gasteiger charge is -2.17. The van der Waals surface area contributed by atoms with Gasteiger partial charge in [0.2, 0.25) is 0 Å². The third-order valence-electron chi connectivity index (χ3n) is 2.23. The van der Waals surface area contributed by atoms with Crippen molar-refractivity contribution in [3.8, 4) is 11.8 Å². The smallest absolute Gasteiger partial charge is 0.133 e. The molecule has 4 heteroatoms. The Morgan fingerprint density at radius 1 is 1.50 bits per heavy atom. The number of rotatable bonds is 4. The molecule has 86 valence electrons. The molecule has 0 unspecified atom stereocenters. The minimum absolute atomic E-state index is 0.508. The van der Waals surface area contributed by atoms with E-state index in [1.165, 1.54) is 0 Å². The van der Waals surface area contributed by atoms with E-state index in [-0.39, 0.29) is 0 Å². The second-order valence-electron chi connectivity index (χ2n) is 4.06. The molecular weight excluding hydrogens is 268 g/mol. The van der Waals surface area contributed by atoms with Crippen LogP contribution in [0, 0.1) is 11.3 Å². The van der Waals surface area contributed by atoms with E-state index >= 15 is 0 Å². The fourth-order valence-corrected chi connectivity index (χ4v) is 1.77.